The first-order valence-electron chi connectivity index (χ1n) is 5.07. The van der Waals surface area contributed by atoms with Crippen molar-refractivity contribution in [3.05, 3.63) is 40.6 Å². The molecule has 1 heterocycles. The van der Waals surface area contributed by atoms with Gasteiger partial charge < -0.3 is 0 Å². The van der Waals surface area contributed by atoms with Crippen molar-refractivity contribution >= 4 is 29.0 Å². The summed E-state index contributed by atoms with van der Waals surface area (Å²) in [5.41, 5.74) is 0.267. The Kier molecular flexibility index (Phi) is 3.49. The molecule has 0 saturated carbocycles. The smallest absolute Gasteiger partial charge is 0.268 e. The average Bonchev–Trinajstić information content (AvgIpc) is 2.60. The lowest BCUT2D eigenvalue weighted by Crippen LogP contribution is -2.28. The van der Waals surface area contributed by atoms with Gasteiger partial charge in [0.25, 0.3) is 11.1 Å². The molecule has 3 nitrogen and oxygen atoms in total. The Labute approximate surface area is 108 Å². The van der Waals surface area contributed by atoms with Crippen molar-refractivity contribution in [1.29, 1.82) is 0 Å². The first-order chi connectivity index (χ1) is 8.63. The summed E-state index contributed by atoms with van der Waals surface area (Å²) in [6.45, 7) is -0.0702. The van der Waals surface area contributed by atoms with Crippen LogP contribution < -0.4 is 0 Å². The van der Waals surface area contributed by atoms with Crippen LogP contribution in [0.1, 0.15) is 5.56 Å². The van der Waals surface area contributed by atoms with Gasteiger partial charge in [0.2, 0.25) is 0 Å². The fraction of sp³-hybridized carbons (Fsp3) is 0.0769. The highest BCUT2D eigenvalue weighted by atomic mass is 32.2. The number of halogens is 1. The van der Waals surface area contributed by atoms with Gasteiger partial charge in [-0.25, -0.2) is 4.39 Å². The third kappa shape index (κ3) is 2.29. The Morgan fingerprint density at radius 1 is 1.39 bits per heavy atom. The molecule has 0 aromatic heterocycles. The third-order valence-electron chi connectivity index (χ3n) is 2.31. The summed E-state index contributed by atoms with van der Waals surface area (Å²) in [4.78, 5) is 24.5. The highest BCUT2D eigenvalue weighted by molar-refractivity contribution is 8.18. The monoisotopic (exact) mass is 261 g/mol. The highest BCUT2D eigenvalue weighted by Crippen LogP contribution is 2.32. The zero-order valence-corrected chi connectivity index (χ0v) is 10.0. The Bertz CT molecular complexity index is 589. The van der Waals surface area contributed by atoms with Gasteiger partial charge in [-0.2, -0.15) is 0 Å². The average molecular weight is 261 g/mol. The maximum absolute atomic E-state index is 13.4. The van der Waals surface area contributed by atoms with Crippen molar-refractivity contribution in [3.8, 4) is 12.3 Å². The summed E-state index contributed by atoms with van der Waals surface area (Å²) in [6, 6.07) is 6.03. The molecule has 0 N–H and O–H groups in total. The molecule has 0 aliphatic carbocycles. The highest BCUT2D eigenvalue weighted by Gasteiger charge is 2.34. The number of hydrogen-bond acceptors (Lipinski definition) is 3. The third-order valence-corrected chi connectivity index (χ3v) is 3.22. The van der Waals surface area contributed by atoms with Crippen molar-refractivity contribution in [2.24, 2.45) is 0 Å². The summed E-state index contributed by atoms with van der Waals surface area (Å²) >= 11 is 0.762. The van der Waals surface area contributed by atoms with Gasteiger partial charge in [0.15, 0.2) is 0 Å². The second-order valence-electron chi connectivity index (χ2n) is 3.49. The van der Waals surface area contributed by atoms with E-state index in [2.05, 4.69) is 5.92 Å². The van der Waals surface area contributed by atoms with E-state index in [1.807, 2.05) is 0 Å². The van der Waals surface area contributed by atoms with Gasteiger partial charge in [0.05, 0.1) is 11.4 Å². The van der Waals surface area contributed by atoms with E-state index in [9.17, 15) is 14.0 Å². The molecule has 0 spiro atoms. The lowest BCUT2D eigenvalue weighted by molar-refractivity contribution is -0.122. The number of terminal acetylenes is 1. The molecule has 1 aromatic carbocycles. The van der Waals surface area contributed by atoms with Gasteiger partial charge in [0, 0.05) is 5.56 Å². The van der Waals surface area contributed by atoms with Gasteiger partial charge in [-0.3, -0.25) is 14.5 Å². The minimum atomic E-state index is -0.480. The molecule has 1 fully saturated rings. The number of carbonyl (C=O) groups excluding carboxylic acids is 2. The maximum atomic E-state index is 13.4. The van der Waals surface area contributed by atoms with E-state index in [1.54, 1.807) is 12.1 Å². The molecule has 18 heavy (non-hydrogen) atoms. The molecular formula is C13H8FNO2S. The first-order valence-corrected chi connectivity index (χ1v) is 5.88. The number of rotatable bonds is 2. The number of thioether (sulfide) groups is 1. The molecule has 90 valence electrons. The van der Waals surface area contributed by atoms with Crippen molar-refractivity contribution in [1.82, 2.24) is 4.90 Å². The Morgan fingerprint density at radius 2 is 2.11 bits per heavy atom. The van der Waals surface area contributed by atoms with Crippen LogP contribution in [0.15, 0.2) is 29.2 Å². The van der Waals surface area contributed by atoms with Gasteiger partial charge in [-0.1, -0.05) is 24.1 Å². The summed E-state index contributed by atoms with van der Waals surface area (Å²) in [5, 5.41) is -0.430. The second-order valence-corrected chi connectivity index (χ2v) is 4.49. The van der Waals surface area contributed by atoms with Crippen LogP contribution in [0.5, 0.6) is 0 Å². The van der Waals surface area contributed by atoms with Gasteiger partial charge in [-0.05, 0) is 23.9 Å². The quantitative estimate of drug-likeness (QED) is 0.606. The summed E-state index contributed by atoms with van der Waals surface area (Å²) in [5.74, 6) is 1.31. The lowest BCUT2D eigenvalue weighted by atomic mass is 10.2. The molecule has 2 amide bonds. The lowest BCUT2D eigenvalue weighted by Gasteiger charge is -2.06. The van der Waals surface area contributed by atoms with Crippen LogP contribution in [0.4, 0.5) is 9.18 Å². The van der Waals surface area contributed by atoms with Crippen LogP contribution in [0.25, 0.3) is 6.08 Å². The van der Waals surface area contributed by atoms with Gasteiger partial charge in [0.1, 0.15) is 5.82 Å². The fourth-order valence-electron chi connectivity index (χ4n) is 1.46. The number of hydrogen-bond donors (Lipinski definition) is 0. The van der Waals surface area contributed by atoms with E-state index >= 15 is 0 Å². The van der Waals surface area contributed by atoms with E-state index in [0.717, 1.165) is 16.7 Å². The molecule has 0 bridgehead atoms. The minimum Gasteiger partial charge on any atom is -0.268 e. The molecular weight excluding hydrogens is 253 g/mol. The Balaban J connectivity index is 2.32. The minimum absolute atomic E-state index is 0.0702. The first kappa shape index (κ1) is 12.4. The summed E-state index contributed by atoms with van der Waals surface area (Å²) in [6.07, 6.45) is 6.43. The number of imide groups is 1. The molecule has 0 atom stereocenters. The maximum Gasteiger partial charge on any atom is 0.294 e. The predicted molar refractivity (Wildman–Crippen MR) is 67.9 cm³/mol. The molecule has 1 aromatic rings. The SMILES string of the molecule is C#CCN1C(=O)SC(=Cc2ccccc2F)C1=O. The van der Waals surface area contributed by atoms with E-state index < -0.39 is 17.0 Å². The molecule has 5 heteroatoms. The van der Waals surface area contributed by atoms with Crippen LogP contribution in [0.3, 0.4) is 0 Å². The molecule has 0 radical (unpaired) electrons. The summed E-state index contributed by atoms with van der Waals surface area (Å²) in [7, 11) is 0. The topological polar surface area (TPSA) is 37.4 Å². The van der Waals surface area contributed by atoms with E-state index in [0.29, 0.717) is 0 Å². The molecule has 1 aliphatic rings. The van der Waals surface area contributed by atoms with Crippen LogP contribution in [-0.2, 0) is 4.79 Å². The normalized spacial score (nSPS) is 17.3. The number of carbonyl (C=O) groups is 2. The number of nitrogens with zero attached hydrogens (tertiary/aromatic N) is 1. The predicted octanol–water partition coefficient (Wildman–Crippen LogP) is 2.50. The molecule has 0 unspecified atom stereocenters. The van der Waals surface area contributed by atoms with Crippen LogP contribution >= 0.6 is 11.8 Å². The van der Waals surface area contributed by atoms with Gasteiger partial charge in [-0.15, -0.1) is 6.42 Å². The van der Waals surface area contributed by atoms with E-state index in [1.165, 1.54) is 18.2 Å². The largest absolute Gasteiger partial charge is 0.294 e. The molecule has 2 rings (SSSR count). The van der Waals surface area contributed by atoms with Crippen LogP contribution in [0.2, 0.25) is 0 Å². The second kappa shape index (κ2) is 5.07. The van der Waals surface area contributed by atoms with E-state index in [4.69, 9.17) is 6.42 Å². The van der Waals surface area contributed by atoms with Crippen molar-refractivity contribution in [2.45, 2.75) is 0 Å². The van der Waals surface area contributed by atoms with Crippen molar-refractivity contribution in [3.63, 3.8) is 0 Å². The van der Waals surface area contributed by atoms with Gasteiger partial charge >= 0.3 is 0 Å². The standard InChI is InChI=1S/C13H8FNO2S/c1-2-7-15-12(16)11(18-13(15)17)8-9-5-3-4-6-10(9)14/h1,3-6,8H,7H2. The molecule has 1 saturated heterocycles. The van der Waals surface area contributed by atoms with E-state index in [-0.39, 0.29) is 17.0 Å². The van der Waals surface area contributed by atoms with Crippen LogP contribution in [0, 0.1) is 18.2 Å². The molecule has 1 aliphatic heterocycles. The Hall–Kier alpha value is -2.06. The number of amides is 2. The zero-order chi connectivity index (χ0) is 13.1. The zero-order valence-electron chi connectivity index (χ0n) is 9.22. The number of benzene rings is 1. The Morgan fingerprint density at radius 3 is 2.78 bits per heavy atom. The van der Waals surface area contributed by atoms with Crippen molar-refractivity contribution < 1.29 is 14.0 Å². The fourth-order valence-corrected chi connectivity index (χ4v) is 2.29. The summed E-state index contributed by atoms with van der Waals surface area (Å²) < 4.78 is 13.4. The van der Waals surface area contributed by atoms with Crippen molar-refractivity contribution in [2.75, 3.05) is 6.54 Å². The van der Waals surface area contributed by atoms with Crippen LogP contribution in [-0.4, -0.2) is 22.6 Å².